The van der Waals surface area contributed by atoms with E-state index in [1.54, 1.807) is 0 Å². The van der Waals surface area contributed by atoms with E-state index in [2.05, 4.69) is 191 Å². The van der Waals surface area contributed by atoms with Gasteiger partial charge in [0.05, 0.1) is 16.6 Å². The van der Waals surface area contributed by atoms with Crippen LogP contribution in [-0.2, 0) is 6.42 Å². The van der Waals surface area contributed by atoms with Gasteiger partial charge in [-0.25, -0.2) is 0 Å². The minimum Gasteiger partial charge on any atom is -0.454 e. The molecule has 0 N–H and O–H groups in total. The number of aromatic nitrogens is 2. The van der Waals surface area contributed by atoms with E-state index in [0.29, 0.717) is 0 Å². The van der Waals surface area contributed by atoms with Gasteiger partial charge >= 0.3 is 0 Å². The van der Waals surface area contributed by atoms with Crippen molar-refractivity contribution in [1.82, 2.24) is 9.13 Å². The molecule has 0 radical (unpaired) electrons. The predicted octanol–water partition coefficient (Wildman–Crippen LogP) is 14.1. The van der Waals surface area contributed by atoms with Gasteiger partial charge in [-0.2, -0.15) is 0 Å². The Labute approximate surface area is 317 Å². The van der Waals surface area contributed by atoms with E-state index in [-0.39, 0.29) is 0 Å². The molecule has 0 atom stereocenters. The van der Waals surface area contributed by atoms with E-state index in [0.717, 1.165) is 46.0 Å². The summed E-state index contributed by atoms with van der Waals surface area (Å²) in [7, 11) is 0. The highest BCUT2D eigenvalue weighted by Gasteiger charge is 2.27. The maximum atomic E-state index is 6.85. The molecule has 55 heavy (non-hydrogen) atoms. The SMILES string of the molecule is C1=Cc2c(n(-c3ccc(-c4ccccc4)cc3)c3c2c(-c2ccc4c(c2)c2ccccc2n4-c2ccc4ccccc4c2)cc2c4ccccc4oc23)CC1. The Kier molecular flexibility index (Phi) is 6.46. The molecule has 8 aromatic carbocycles. The Balaban J connectivity index is 1.15. The summed E-state index contributed by atoms with van der Waals surface area (Å²) in [5, 5.41) is 8.48. The number of para-hydroxylation sites is 2. The number of furan rings is 1. The van der Waals surface area contributed by atoms with Crippen LogP contribution < -0.4 is 0 Å². The highest BCUT2D eigenvalue weighted by molar-refractivity contribution is 6.21. The molecule has 11 aromatic rings. The normalized spacial score (nSPS) is 12.9. The number of hydrogen-bond donors (Lipinski definition) is 0. The molecule has 0 aliphatic heterocycles. The minimum atomic E-state index is 0.908. The maximum absolute atomic E-state index is 6.85. The van der Waals surface area contributed by atoms with Gasteiger partial charge in [-0.1, -0.05) is 127 Å². The van der Waals surface area contributed by atoms with Crippen molar-refractivity contribution in [2.75, 3.05) is 0 Å². The van der Waals surface area contributed by atoms with E-state index in [1.165, 1.54) is 77.2 Å². The third-order valence-electron chi connectivity index (χ3n) is 11.8. The van der Waals surface area contributed by atoms with Crippen molar-refractivity contribution in [3.63, 3.8) is 0 Å². The average molecular weight is 703 g/mol. The fourth-order valence-corrected chi connectivity index (χ4v) is 9.26. The second-order valence-corrected chi connectivity index (χ2v) is 14.8. The van der Waals surface area contributed by atoms with Gasteiger partial charge in [-0.05, 0) is 100 Å². The Morgan fingerprint density at radius 1 is 0.473 bits per heavy atom. The molecular formula is C52H34N2O. The van der Waals surface area contributed by atoms with Crippen LogP contribution in [0.5, 0.6) is 0 Å². The molecule has 0 amide bonds. The molecule has 12 rings (SSSR count). The smallest absolute Gasteiger partial charge is 0.160 e. The third-order valence-corrected chi connectivity index (χ3v) is 11.8. The first-order valence-corrected chi connectivity index (χ1v) is 19.2. The van der Waals surface area contributed by atoms with Crippen molar-refractivity contribution < 1.29 is 4.42 Å². The Hall–Kier alpha value is -7.10. The molecular weight excluding hydrogens is 669 g/mol. The van der Waals surface area contributed by atoms with E-state index in [9.17, 15) is 0 Å². The van der Waals surface area contributed by atoms with Crippen molar-refractivity contribution in [1.29, 1.82) is 0 Å². The quantitative estimate of drug-likeness (QED) is 0.179. The summed E-state index contributed by atoms with van der Waals surface area (Å²) in [6, 6.07) is 61.8. The zero-order chi connectivity index (χ0) is 36.0. The molecule has 0 spiro atoms. The molecule has 1 aliphatic carbocycles. The van der Waals surface area contributed by atoms with Crippen molar-refractivity contribution in [3.8, 4) is 33.6 Å². The summed E-state index contributed by atoms with van der Waals surface area (Å²) < 4.78 is 11.8. The van der Waals surface area contributed by atoms with Crippen LogP contribution in [0.3, 0.4) is 0 Å². The predicted molar refractivity (Wildman–Crippen MR) is 231 cm³/mol. The van der Waals surface area contributed by atoms with Crippen LogP contribution in [0.4, 0.5) is 0 Å². The molecule has 0 saturated carbocycles. The fourth-order valence-electron chi connectivity index (χ4n) is 9.26. The summed E-state index contributed by atoms with van der Waals surface area (Å²) in [5.74, 6) is 0. The Bertz CT molecular complexity index is 3350. The van der Waals surface area contributed by atoms with Crippen LogP contribution in [0.2, 0.25) is 0 Å². The lowest BCUT2D eigenvalue weighted by molar-refractivity contribution is 0.670. The van der Waals surface area contributed by atoms with Crippen LogP contribution in [0, 0.1) is 0 Å². The first-order valence-electron chi connectivity index (χ1n) is 19.2. The lowest BCUT2D eigenvalue weighted by atomic mass is 9.93. The average Bonchev–Trinajstić information content (AvgIpc) is 3.91. The number of allylic oxidation sites excluding steroid dienone is 1. The second kappa shape index (κ2) is 11.7. The number of fused-ring (bicyclic) bond motifs is 11. The third kappa shape index (κ3) is 4.50. The van der Waals surface area contributed by atoms with Crippen LogP contribution >= 0.6 is 0 Å². The summed E-state index contributed by atoms with van der Waals surface area (Å²) >= 11 is 0. The lowest BCUT2D eigenvalue weighted by Crippen LogP contribution is -2.03. The molecule has 3 nitrogen and oxygen atoms in total. The lowest BCUT2D eigenvalue weighted by Gasteiger charge is -2.14. The van der Waals surface area contributed by atoms with Gasteiger partial charge in [0, 0.05) is 49.6 Å². The van der Waals surface area contributed by atoms with Gasteiger partial charge < -0.3 is 13.6 Å². The van der Waals surface area contributed by atoms with Crippen LogP contribution in [0.25, 0.3) is 105 Å². The Morgan fingerprint density at radius 2 is 1.18 bits per heavy atom. The van der Waals surface area contributed by atoms with Crippen LogP contribution in [0.15, 0.2) is 180 Å². The summed E-state index contributed by atoms with van der Waals surface area (Å²) in [6.45, 7) is 0. The second-order valence-electron chi connectivity index (χ2n) is 14.8. The highest BCUT2D eigenvalue weighted by Crippen LogP contribution is 2.47. The van der Waals surface area contributed by atoms with Gasteiger partial charge in [0.25, 0.3) is 0 Å². The maximum Gasteiger partial charge on any atom is 0.160 e. The molecule has 3 heterocycles. The number of nitrogens with zero attached hydrogens (tertiary/aromatic N) is 2. The van der Waals surface area contributed by atoms with Crippen molar-refractivity contribution in [2.45, 2.75) is 12.8 Å². The molecule has 0 bridgehead atoms. The van der Waals surface area contributed by atoms with E-state index in [1.807, 2.05) is 0 Å². The first kappa shape index (κ1) is 30.4. The topological polar surface area (TPSA) is 23.0 Å². The van der Waals surface area contributed by atoms with Crippen LogP contribution in [-0.4, -0.2) is 9.13 Å². The van der Waals surface area contributed by atoms with Gasteiger partial charge in [-0.15, -0.1) is 0 Å². The fraction of sp³-hybridized carbons (Fsp3) is 0.0385. The number of rotatable bonds is 4. The Morgan fingerprint density at radius 3 is 2.07 bits per heavy atom. The minimum absolute atomic E-state index is 0.908. The number of benzene rings is 8. The van der Waals surface area contributed by atoms with Gasteiger partial charge in [-0.3, -0.25) is 0 Å². The zero-order valence-corrected chi connectivity index (χ0v) is 30.0. The summed E-state index contributed by atoms with van der Waals surface area (Å²) in [4.78, 5) is 0. The van der Waals surface area contributed by atoms with Crippen molar-refractivity contribution >= 4 is 71.5 Å². The summed E-state index contributed by atoms with van der Waals surface area (Å²) in [5.41, 5.74) is 15.1. The molecule has 258 valence electrons. The van der Waals surface area contributed by atoms with Gasteiger partial charge in [0.1, 0.15) is 5.58 Å². The highest BCUT2D eigenvalue weighted by atomic mass is 16.3. The molecule has 3 aromatic heterocycles. The van der Waals surface area contributed by atoms with Gasteiger partial charge in [0.15, 0.2) is 5.58 Å². The molecule has 0 unspecified atom stereocenters. The molecule has 1 aliphatic rings. The first-order chi connectivity index (χ1) is 27.3. The van der Waals surface area contributed by atoms with E-state index < -0.39 is 0 Å². The monoisotopic (exact) mass is 702 g/mol. The largest absolute Gasteiger partial charge is 0.454 e. The molecule has 0 fully saturated rings. The van der Waals surface area contributed by atoms with Crippen molar-refractivity contribution in [2.24, 2.45) is 0 Å². The van der Waals surface area contributed by atoms with Crippen LogP contribution in [0.1, 0.15) is 17.7 Å². The van der Waals surface area contributed by atoms with Crippen molar-refractivity contribution in [3.05, 3.63) is 187 Å². The summed E-state index contributed by atoms with van der Waals surface area (Å²) in [6.07, 6.45) is 6.64. The number of hydrogen-bond acceptors (Lipinski definition) is 1. The standard InChI is InChI=1S/C52H34N2O/c1-2-12-33(13-3-1)35-22-26-38(27-23-35)54-47-20-10-7-18-42(47)50-43(32-45-41-17-8-11-21-49(41)55-52(45)51(50)54)37-25-29-48-44(31-37)40-16-6-9-19-46(40)53(48)39-28-24-34-14-4-5-15-36(34)30-39/h1-9,11-19,21-32H,10,20H2. The van der Waals surface area contributed by atoms with Gasteiger partial charge in [0.2, 0.25) is 0 Å². The molecule has 3 heteroatoms. The van der Waals surface area contributed by atoms with E-state index >= 15 is 0 Å². The zero-order valence-electron chi connectivity index (χ0n) is 30.0. The van der Waals surface area contributed by atoms with E-state index in [4.69, 9.17) is 4.42 Å². The molecule has 0 saturated heterocycles.